The van der Waals surface area contributed by atoms with E-state index >= 15 is 0 Å². The minimum absolute atomic E-state index is 0.0348. The van der Waals surface area contributed by atoms with Crippen molar-refractivity contribution in [2.45, 2.75) is 13.0 Å². The number of aromatic nitrogens is 2. The summed E-state index contributed by atoms with van der Waals surface area (Å²) in [4.78, 5) is 24.4. The summed E-state index contributed by atoms with van der Waals surface area (Å²) in [7, 11) is 0. The average Bonchev–Trinajstić information content (AvgIpc) is 3.16. The summed E-state index contributed by atoms with van der Waals surface area (Å²) < 4.78 is 18.7. The molecule has 1 heterocycles. The fourth-order valence-corrected chi connectivity index (χ4v) is 3.40. The molecular weight excluding hydrogens is 421 g/mol. The minimum atomic E-state index is -1.11. The Hall–Kier alpha value is -3.71. The number of carbonyl (C=O) groups excluding carboxylic acids is 2. The molecule has 0 radical (unpaired) electrons. The van der Waals surface area contributed by atoms with E-state index < -0.39 is 23.8 Å². The first-order valence-electron chi connectivity index (χ1n) is 9.39. The Morgan fingerprint density at radius 3 is 2.48 bits per heavy atom. The summed E-state index contributed by atoms with van der Waals surface area (Å²) in [6, 6.07) is 18.6. The predicted octanol–water partition coefficient (Wildman–Crippen LogP) is 5.27. The molecule has 0 saturated heterocycles. The monoisotopic (exact) mass is 437 g/mol. The van der Waals surface area contributed by atoms with E-state index in [4.69, 9.17) is 16.3 Å². The molecule has 0 aliphatic rings. The number of carbonyl (C=O) groups is 2. The van der Waals surface area contributed by atoms with Gasteiger partial charge >= 0.3 is 5.97 Å². The zero-order chi connectivity index (χ0) is 22.0. The molecule has 4 aromatic rings. The molecular formula is C23H17ClFN3O3. The number of nitrogens with one attached hydrogen (secondary N) is 2. The third kappa shape index (κ3) is 4.41. The molecule has 6 nitrogen and oxygen atoms in total. The molecule has 3 aromatic carbocycles. The van der Waals surface area contributed by atoms with Gasteiger partial charge in [-0.15, -0.1) is 0 Å². The molecule has 0 aliphatic heterocycles. The van der Waals surface area contributed by atoms with Crippen LogP contribution in [0.2, 0.25) is 5.02 Å². The van der Waals surface area contributed by atoms with Crippen molar-refractivity contribution < 1.29 is 18.7 Å². The van der Waals surface area contributed by atoms with Gasteiger partial charge in [-0.05, 0) is 35.4 Å². The van der Waals surface area contributed by atoms with Crippen LogP contribution >= 0.6 is 11.6 Å². The van der Waals surface area contributed by atoms with Crippen molar-refractivity contribution in [3.63, 3.8) is 0 Å². The standard InChI is InChI=1S/C23H17ClFN3O3/c1-13(29)31-21(14-5-3-2-4-6-14)23(30)26-22-17-9-7-16(12-20(17)27-28-22)15-8-10-19(25)18(24)11-15/h2-12,21H,1H3,(H2,26,27,28,30). The van der Waals surface area contributed by atoms with Crippen LogP contribution in [0.5, 0.6) is 0 Å². The Kier molecular flexibility index (Phi) is 5.68. The molecule has 1 aromatic heterocycles. The van der Waals surface area contributed by atoms with Crippen LogP contribution in [0.1, 0.15) is 18.6 Å². The third-order valence-electron chi connectivity index (χ3n) is 4.68. The molecule has 0 fully saturated rings. The van der Waals surface area contributed by atoms with Crippen LogP contribution in [0, 0.1) is 5.82 Å². The van der Waals surface area contributed by atoms with E-state index in [9.17, 15) is 14.0 Å². The van der Waals surface area contributed by atoms with E-state index in [0.29, 0.717) is 22.3 Å². The summed E-state index contributed by atoms with van der Waals surface area (Å²) in [6.45, 7) is 1.25. The molecule has 2 N–H and O–H groups in total. The van der Waals surface area contributed by atoms with E-state index in [1.54, 1.807) is 48.5 Å². The van der Waals surface area contributed by atoms with Gasteiger partial charge in [0.2, 0.25) is 6.10 Å². The first-order valence-corrected chi connectivity index (χ1v) is 9.77. The highest BCUT2D eigenvalue weighted by atomic mass is 35.5. The second-order valence-corrected chi connectivity index (χ2v) is 7.26. The van der Waals surface area contributed by atoms with Gasteiger partial charge in [-0.3, -0.25) is 14.7 Å². The highest BCUT2D eigenvalue weighted by Crippen LogP contribution is 2.30. The zero-order valence-corrected chi connectivity index (χ0v) is 17.1. The van der Waals surface area contributed by atoms with Crippen molar-refractivity contribution in [2.24, 2.45) is 0 Å². The lowest BCUT2D eigenvalue weighted by molar-refractivity contribution is -0.152. The maximum absolute atomic E-state index is 13.4. The van der Waals surface area contributed by atoms with Gasteiger partial charge < -0.3 is 10.1 Å². The number of aromatic amines is 1. The summed E-state index contributed by atoms with van der Waals surface area (Å²) in [5.74, 6) is -1.28. The Labute approximate surface area is 182 Å². The topological polar surface area (TPSA) is 84.1 Å². The second kappa shape index (κ2) is 8.57. The number of rotatable bonds is 5. The van der Waals surface area contributed by atoms with Gasteiger partial charge in [0.05, 0.1) is 10.5 Å². The van der Waals surface area contributed by atoms with Crippen LogP contribution in [-0.4, -0.2) is 22.1 Å². The van der Waals surface area contributed by atoms with Crippen LogP contribution in [0.15, 0.2) is 66.7 Å². The van der Waals surface area contributed by atoms with Gasteiger partial charge in [0.15, 0.2) is 5.82 Å². The Morgan fingerprint density at radius 2 is 1.77 bits per heavy atom. The van der Waals surface area contributed by atoms with Crippen molar-refractivity contribution in [3.05, 3.63) is 83.1 Å². The van der Waals surface area contributed by atoms with Crippen molar-refractivity contribution in [3.8, 4) is 11.1 Å². The second-order valence-electron chi connectivity index (χ2n) is 6.85. The van der Waals surface area contributed by atoms with Crippen LogP contribution < -0.4 is 5.32 Å². The molecule has 156 valence electrons. The largest absolute Gasteiger partial charge is 0.447 e. The van der Waals surface area contributed by atoms with Crippen molar-refractivity contribution in [1.82, 2.24) is 10.2 Å². The van der Waals surface area contributed by atoms with Gasteiger partial charge in [0, 0.05) is 17.9 Å². The van der Waals surface area contributed by atoms with E-state index in [1.165, 1.54) is 13.0 Å². The number of ether oxygens (including phenoxy) is 1. The highest BCUT2D eigenvalue weighted by molar-refractivity contribution is 6.31. The first kappa shape index (κ1) is 20.6. The van der Waals surface area contributed by atoms with Crippen molar-refractivity contribution in [2.75, 3.05) is 5.32 Å². The van der Waals surface area contributed by atoms with E-state index in [2.05, 4.69) is 15.5 Å². The SMILES string of the molecule is CC(=O)OC(C(=O)Nc1n[nH]c2cc(-c3ccc(F)c(Cl)c3)ccc12)c1ccccc1. The third-order valence-corrected chi connectivity index (χ3v) is 4.97. The summed E-state index contributed by atoms with van der Waals surface area (Å²) in [6.07, 6.45) is -1.11. The van der Waals surface area contributed by atoms with Crippen molar-refractivity contribution >= 4 is 40.2 Å². The molecule has 0 bridgehead atoms. The van der Waals surface area contributed by atoms with Crippen molar-refractivity contribution in [1.29, 1.82) is 0 Å². The minimum Gasteiger partial charge on any atom is -0.447 e. The lowest BCUT2D eigenvalue weighted by atomic mass is 10.0. The fourth-order valence-electron chi connectivity index (χ4n) is 3.22. The number of H-pyrrole nitrogens is 1. The lowest BCUT2D eigenvalue weighted by Crippen LogP contribution is -2.25. The van der Waals surface area contributed by atoms with Gasteiger partial charge in [-0.2, -0.15) is 5.10 Å². The van der Waals surface area contributed by atoms with Crippen LogP contribution in [0.4, 0.5) is 10.2 Å². The van der Waals surface area contributed by atoms with E-state index in [-0.39, 0.29) is 5.02 Å². The molecule has 31 heavy (non-hydrogen) atoms. The van der Waals surface area contributed by atoms with Gasteiger partial charge in [-0.25, -0.2) is 4.39 Å². The number of amides is 1. The van der Waals surface area contributed by atoms with Gasteiger partial charge in [0.1, 0.15) is 5.82 Å². The maximum Gasteiger partial charge on any atom is 0.303 e. The molecule has 0 spiro atoms. The van der Waals surface area contributed by atoms with Crippen LogP contribution in [-0.2, 0) is 14.3 Å². The molecule has 1 amide bonds. The maximum atomic E-state index is 13.4. The number of halogens is 2. The molecule has 8 heteroatoms. The number of hydrogen-bond donors (Lipinski definition) is 2. The number of nitrogens with zero attached hydrogens (tertiary/aromatic N) is 1. The van der Waals surface area contributed by atoms with E-state index in [1.807, 2.05) is 12.1 Å². The predicted molar refractivity (Wildman–Crippen MR) is 116 cm³/mol. The quantitative estimate of drug-likeness (QED) is 0.417. The Morgan fingerprint density at radius 1 is 1.06 bits per heavy atom. The lowest BCUT2D eigenvalue weighted by Gasteiger charge is -2.16. The average molecular weight is 438 g/mol. The molecule has 4 rings (SSSR count). The normalized spacial score (nSPS) is 11.8. The number of esters is 1. The number of anilines is 1. The number of benzene rings is 3. The van der Waals surface area contributed by atoms with Gasteiger partial charge in [0.25, 0.3) is 5.91 Å². The summed E-state index contributed by atoms with van der Waals surface area (Å²) in [5, 5.41) is 10.5. The van der Waals surface area contributed by atoms with Crippen LogP contribution in [0.3, 0.4) is 0 Å². The molecule has 0 saturated carbocycles. The van der Waals surface area contributed by atoms with Crippen LogP contribution in [0.25, 0.3) is 22.0 Å². The highest BCUT2D eigenvalue weighted by Gasteiger charge is 2.25. The smallest absolute Gasteiger partial charge is 0.303 e. The number of hydrogen-bond acceptors (Lipinski definition) is 4. The Bertz CT molecular complexity index is 1270. The fraction of sp³-hybridized carbons (Fsp3) is 0.0870. The molecule has 0 aliphatic carbocycles. The summed E-state index contributed by atoms with van der Waals surface area (Å²) >= 11 is 5.88. The molecule has 1 unspecified atom stereocenters. The Balaban J connectivity index is 1.61. The van der Waals surface area contributed by atoms with Gasteiger partial charge in [-0.1, -0.05) is 54.1 Å². The molecule has 1 atom stereocenters. The summed E-state index contributed by atoms with van der Waals surface area (Å²) in [5.41, 5.74) is 2.76. The number of fused-ring (bicyclic) bond motifs is 1. The zero-order valence-electron chi connectivity index (χ0n) is 16.4. The first-order chi connectivity index (χ1) is 14.9. The van der Waals surface area contributed by atoms with E-state index in [0.717, 1.165) is 11.1 Å².